The van der Waals surface area contributed by atoms with E-state index in [2.05, 4.69) is 6.42 Å². The third-order valence-corrected chi connectivity index (χ3v) is 7.11. The first-order valence-electron chi connectivity index (χ1n) is 9.27. The summed E-state index contributed by atoms with van der Waals surface area (Å²) in [5.41, 5.74) is 0. The summed E-state index contributed by atoms with van der Waals surface area (Å²) in [4.78, 5) is 11.0. The van der Waals surface area contributed by atoms with Gasteiger partial charge >= 0.3 is 5.97 Å². The van der Waals surface area contributed by atoms with Crippen LogP contribution in [0.3, 0.4) is 0 Å². The standard InChI is InChI=1S/C14H13O2P.C8H15.Ni/c15-14(16)11-17(12-7-3-1-4-8-12)13-9-5-2-6-10-13;1-2-4-6-8-7-5-3-1;/h1-10H,11H2,(H,15,16);1H,2-8H2;/q;-1;/p+1. The Bertz CT molecular complexity index is 541. The molecule has 4 heteroatoms. The van der Waals surface area contributed by atoms with Gasteiger partial charge in [0.2, 0.25) is 0 Å². The molecule has 26 heavy (non-hydrogen) atoms. The molecule has 0 bridgehead atoms. The van der Waals surface area contributed by atoms with Crippen molar-refractivity contribution >= 4 is 24.5 Å². The number of hydrogen-bond acceptors (Lipinski definition) is 1. The van der Waals surface area contributed by atoms with Crippen LogP contribution in [0.1, 0.15) is 44.9 Å². The van der Waals surface area contributed by atoms with Crippen molar-refractivity contribution in [2.75, 3.05) is 6.16 Å². The van der Waals surface area contributed by atoms with E-state index in [1.165, 1.54) is 44.9 Å². The summed E-state index contributed by atoms with van der Waals surface area (Å²) in [7, 11) is -1.20. The van der Waals surface area contributed by atoms with E-state index in [1.54, 1.807) is 0 Å². The SMILES string of the molecule is O=C(O)C[PH+](c1ccccc1)c1ccccc1.[CH-]1CCCCCCC1.[Ni]. The van der Waals surface area contributed by atoms with Crippen LogP contribution in [0.25, 0.3) is 0 Å². The van der Waals surface area contributed by atoms with Gasteiger partial charge in [-0.25, -0.2) is 4.79 Å². The van der Waals surface area contributed by atoms with Crippen LogP contribution in [-0.2, 0) is 21.3 Å². The predicted molar refractivity (Wildman–Crippen MR) is 110 cm³/mol. The Morgan fingerprint density at radius 3 is 1.65 bits per heavy atom. The molecule has 0 aromatic heterocycles. The Hall–Kier alpha value is -1.17. The van der Waals surface area contributed by atoms with Crippen molar-refractivity contribution < 1.29 is 26.4 Å². The molecule has 0 saturated heterocycles. The van der Waals surface area contributed by atoms with Crippen LogP contribution in [-0.4, -0.2) is 17.2 Å². The first-order valence-corrected chi connectivity index (χ1v) is 11.0. The minimum Gasteiger partial charge on any atom is -0.479 e. The van der Waals surface area contributed by atoms with Crippen LogP contribution in [0.5, 0.6) is 0 Å². The average molecular weight is 415 g/mol. The van der Waals surface area contributed by atoms with Crippen LogP contribution >= 0.6 is 7.92 Å². The molecule has 2 nitrogen and oxygen atoms in total. The summed E-state index contributed by atoms with van der Waals surface area (Å²) in [6.45, 7) is 0. The molecule has 0 spiro atoms. The normalized spacial score (nSPS) is 14.2. The molecule has 1 aliphatic rings. The second kappa shape index (κ2) is 14.0. The zero-order valence-electron chi connectivity index (χ0n) is 15.2. The van der Waals surface area contributed by atoms with Crippen molar-refractivity contribution in [1.82, 2.24) is 0 Å². The molecule has 3 rings (SSSR count). The van der Waals surface area contributed by atoms with Crippen LogP contribution < -0.4 is 10.6 Å². The molecule has 1 N–H and O–H groups in total. The van der Waals surface area contributed by atoms with E-state index < -0.39 is 13.9 Å². The maximum Gasteiger partial charge on any atom is 0.342 e. The van der Waals surface area contributed by atoms with Crippen molar-refractivity contribution in [1.29, 1.82) is 0 Å². The number of benzene rings is 2. The van der Waals surface area contributed by atoms with Gasteiger partial charge in [0, 0.05) is 16.5 Å². The van der Waals surface area contributed by atoms with E-state index in [-0.39, 0.29) is 22.7 Å². The molecule has 0 heterocycles. The average Bonchev–Trinajstić information content (AvgIpc) is 2.61. The molecule has 1 fully saturated rings. The third kappa shape index (κ3) is 8.97. The largest absolute Gasteiger partial charge is 0.479 e. The van der Waals surface area contributed by atoms with Crippen molar-refractivity contribution in [2.24, 2.45) is 0 Å². The summed E-state index contributed by atoms with van der Waals surface area (Å²) in [6, 6.07) is 19.8. The minimum absolute atomic E-state index is 0. The smallest absolute Gasteiger partial charge is 0.342 e. The first kappa shape index (κ1) is 22.9. The van der Waals surface area contributed by atoms with Gasteiger partial charge in [-0.2, -0.15) is 12.8 Å². The van der Waals surface area contributed by atoms with E-state index in [1.807, 2.05) is 60.7 Å². The molecular formula is C22H29NiO2P. The van der Waals surface area contributed by atoms with Gasteiger partial charge in [0.05, 0.1) is 18.5 Å². The van der Waals surface area contributed by atoms with Crippen LogP contribution in [0, 0.1) is 6.42 Å². The maximum absolute atomic E-state index is 11.0. The molecule has 2 aromatic carbocycles. The van der Waals surface area contributed by atoms with Gasteiger partial charge in [0.15, 0.2) is 6.16 Å². The zero-order chi connectivity index (χ0) is 17.7. The molecule has 0 atom stereocenters. The fourth-order valence-corrected chi connectivity index (χ4v) is 5.29. The van der Waals surface area contributed by atoms with E-state index in [9.17, 15) is 4.79 Å². The van der Waals surface area contributed by atoms with Gasteiger partial charge in [-0.05, 0) is 24.3 Å². The molecular weight excluding hydrogens is 386 g/mol. The zero-order valence-corrected chi connectivity index (χ0v) is 17.2. The number of rotatable bonds is 4. The predicted octanol–water partition coefficient (Wildman–Crippen LogP) is 4.87. The van der Waals surface area contributed by atoms with Gasteiger partial charge in [-0.15, -0.1) is 0 Å². The first-order chi connectivity index (χ1) is 12.3. The number of carboxylic acid groups (broad SMARTS) is 1. The monoisotopic (exact) mass is 414 g/mol. The molecule has 0 aliphatic heterocycles. The topological polar surface area (TPSA) is 37.3 Å². The summed E-state index contributed by atoms with van der Waals surface area (Å²) in [6.07, 6.45) is 12.7. The number of carbonyl (C=O) groups is 1. The van der Waals surface area contributed by atoms with Crippen LogP contribution in [0.4, 0.5) is 0 Å². The summed E-state index contributed by atoms with van der Waals surface area (Å²) >= 11 is 0. The van der Waals surface area contributed by atoms with Gasteiger partial charge in [-0.3, -0.25) is 0 Å². The van der Waals surface area contributed by atoms with Crippen molar-refractivity contribution in [2.45, 2.75) is 44.9 Å². The fourth-order valence-electron chi connectivity index (χ4n) is 3.05. The molecule has 2 aromatic rings. The van der Waals surface area contributed by atoms with Crippen molar-refractivity contribution in [3.63, 3.8) is 0 Å². The molecule has 1 saturated carbocycles. The molecule has 144 valence electrons. The van der Waals surface area contributed by atoms with E-state index >= 15 is 0 Å². The Kier molecular flexibility index (Phi) is 12.3. The fraction of sp³-hybridized carbons (Fsp3) is 0.364. The Morgan fingerprint density at radius 2 is 1.23 bits per heavy atom. The van der Waals surface area contributed by atoms with E-state index in [0.717, 1.165) is 10.6 Å². The van der Waals surface area contributed by atoms with Gasteiger partial charge < -0.3 is 11.5 Å². The number of carboxylic acids is 1. The van der Waals surface area contributed by atoms with Crippen molar-refractivity contribution in [3.8, 4) is 0 Å². The molecule has 0 radical (unpaired) electrons. The minimum atomic E-state index is -1.20. The Morgan fingerprint density at radius 1 is 0.808 bits per heavy atom. The van der Waals surface area contributed by atoms with E-state index in [0.29, 0.717) is 0 Å². The second-order valence-electron chi connectivity index (χ2n) is 6.41. The Balaban J connectivity index is 0.000000318. The maximum atomic E-state index is 11.0. The quantitative estimate of drug-likeness (QED) is 0.440. The summed E-state index contributed by atoms with van der Waals surface area (Å²) in [5, 5.41) is 11.3. The van der Waals surface area contributed by atoms with Gasteiger partial charge in [-0.1, -0.05) is 68.5 Å². The van der Waals surface area contributed by atoms with Gasteiger partial charge in [0.1, 0.15) is 0 Å². The Labute approximate surface area is 169 Å². The molecule has 1 aliphatic carbocycles. The molecule has 0 unspecified atom stereocenters. The number of aliphatic carboxylic acids is 1. The van der Waals surface area contributed by atoms with Crippen LogP contribution in [0.2, 0.25) is 0 Å². The van der Waals surface area contributed by atoms with E-state index in [4.69, 9.17) is 5.11 Å². The third-order valence-electron chi connectivity index (χ3n) is 4.39. The number of hydrogen-bond donors (Lipinski definition) is 1. The molecule has 0 amide bonds. The van der Waals surface area contributed by atoms with Crippen molar-refractivity contribution in [3.05, 3.63) is 67.1 Å². The summed E-state index contributed by atoms with van der Waals surface area (Å²) in [5.74, 6) is -0.730. The summed E-state index contributed by atoms with van der Waals surface area (Å²) < 4.78 is 0. The van der Waals surface area contributed by atoms with Crippen LogP contribution in [0.15, 0.2) is 60.7 Å². The second-order valence-corrected chi connectivity index (χ2v) is 8.88. The van der Waals surface area contributed by atoms with Gasteiger partial charge in [0.25, 0.3) is 0 Å².